The summed E-state index contributed by atoms with van der Waals surface area (Å²) in [5.41, 5.74) is -0.267. The number of likely N-dealkylation sites (tertiary alicyclic amines) is 1. The fourth-order valence-electron chi connectivity index (χ4n) is 3.71. The van der Waals surface area contributed by atoms with E-state index in [0.717, 1.165) is 25.7 Å². The van der Waals surface area contributed by atoms with Crippen molar-refractivity contribution in [3.05, 3.63) is 0 Å². The molecular weight excluding hydrogens is 276 g/mol. The molecule has 2 fully saturated rings. The second-order valence-corrected chi connectivity index (χ2v) is 8.26. The lowest BCUT2D eigenvalue weighted by Crippen LogP contribution is -2.44. The molecule has 128 valence electrons. The summed E-state index contributed by atoms with van der Waals surface area (Å²) in [6.07, 6.45) is 4.98. The Bertz CT molecular complexity index is 351. The van der Waals surface area contributed by atoms with Crippen molar-refractivity contribution in [1.29, 1.82) is 0 Å². The summed E-state index contributed by atoms with van der Waals surface area (Å²) in [6.45, 7) is 12.4. The first-order chi connectivity index (χ1) is 10.4. The van der Waals surface area contributed by atoms with Crippen LogP contribution in [0.3, 0.4) is 0 Å². The number of hydrogen-bond acceptors (Lipinski definition) is 3. The fourth-order valence-corrected chi connectivity index (χ4v) is 3.71. The number of rotatable bonds is 4. The lowest BCUT2D eigenvalue weighted by atomic mass is 9.92. The van der Waals surface area contributed by atoms with Crippen LogP contribution < -0.4 is 0 Å². The van der Waals surface area contributed by atoms with Crippen LogP contribution in [-0.2, 0) is 9.53 Å². The maximum Gasteiger partial charge on any atom is 0.227 e. The summed E-state index contributed by atoms with van der Waals surface area (Å²) < 4.78 is 5.58. The third kappa shape index (κ3) is 5.24. The zero-order valence-corrected chi connectivity index (χ0v) is 14.9. The number of ether oxygens (including phenoxy) is 1. The smallest absolute Gasteiger partial charge is 0.227 e. The van der Waals surface area contributed by atoms with Gasteiger partial charge in [-0.25, -0.2) is 0 Å². The van der Waals surface area contributed by atoms with E-state index in [4.69, 9.17) is 4.74 Å². The van der Waals surface area contributed by atoms with Crippen LogP contribution in [0.2, 0.25) is 0 Å². The number of amides is 1. The summed E-state index contributed by atoms with van der Waals surface area (Å²) in [5.74, 6) is 1.65. The topological polar surface area (TPSA) is 32.8 Å². The number of hydrogen-bond donors (Lipinski definition) is 0. The number of carbonyl (C=O) groups excluding carboxylic acids is 1. The highest BCUT2D eigenvalue weighted by atomic mass is 16.5. The van der Waals surface area contributed by atoms with E-state index in [9.17, 15) is 4.79 Å². The lowest BCUT2D eigenvalue weighted by Gasteiger charge is -2.37. The van der Waals surface area contributed by atoms with Gasteiger partial charge in [-0.2, -0.15) is 0 Å². The molecule has 0 spiro atoms. The Morgan fingerprint density at radius 2 is 1.86 bits per heavy atom. The molecule has 0 aromatic heterocycles. The van der Waals surface area contributed by atoms with Gasteiger partial charge < -0.3 is 14.5 Å². The van der Waals surface area contributed by atoms with E-state index in [0.29, 0.717) is 5.92 Å². The minimum absolute atomic E-state index is 0.259. The molecule has 4 heteroatoms. The summed E-state index contributed by atoms with van der Waals surface area (Å²) in [5, 5.41) is 0. The van der Waals surface area contributed by atoms with Crippen LogP contribution in [0.5, 0.6) is 0 Å². The van der Waals surface area contributed by atoms with Gasteiger partial charge in [-0.05, 0) is 50.6 Å². The van der Waals surface area contributed by atoms with Crippen molar-refractivity contribution >= 4 is 5.91 Å². The normalized spacial score (nSPS) is 25.2. The van der Waals surface area contributed by atoms with E-state index < -0.39 is 0 Å². The second kappa shape index (κ2) is 7.78. The van der Waals surface area contributed by atoms with Crippen LogP contribution in [-0.4, -0.2) is 62.1 Å². The van der Waals surface area contributed by atoms with Crippen LogP contribution in [0.15, 0.2) is 0 Å². The Kier molecular flexibility index (Phi) is 6.27. The third-order valence-electron chi connectivity index (χ3n) is 5.00. The van der Waals surface area contributed by atoms with Gasteiger partial charge in [-0.1, -0.05) is 20.8 Å². The molecule has 2 rings (SSSR count). The molecule has 1 atom stereocenters. The number of carbonyl (C=O) groups is 1. The van der Waals surface area contributed by atoms with E-state index in [-0.39, 0.29) is 11.3 Å². The van der Waals surface area contributed by atoms with E-state index in [1.54, 1.807) is 0 Å². The molecule has 0 aromatic carbocycles. The average molecular weight is 310 g/mol. The van der Waals surface area contributed by atoms with Gasteiger partial charge in [0.05, 0.1) is 6.61 Å². The Morgan fingerprint density at radius 1 is 1.18 bits per heavy atom. The first-order valence-electron chi connectivity index (χ1n) is 8.92. The van der Waals surface area contributed by atoms with E-state index in [1.807, 2.05) is 32.7 Å². The number of nitrogens with zero attached hydrogens (tertiary/aromatic N) is 2. The molecule has 0 aromatic rings. The maximum atomic E-state index is 12.3. The third-order valence-corrected chi connectivity index (χ3v) is 5.00. The number of piperidine rings is 1. The fraction of sp³-hybridized carbons (Fsp3) is 0.944. The van der Waals surface area contributed by atoms with Crippen molar-refractivity contribution in [2.45, 2.75) is 46.5 Å². The van der Waals surface area contributed by atoms with Gasteiger partial charge in [0.2, 0.25) is 5.91 Å². The summed E-state index contributed by atoms with van der Waals surface area (Å²) >= 11 is 0. The highest BCUT2D eigenvalue weighted by molar-refractivity contribution is 5.81. The average Bonchev–Trinajstić information content (AvgIpc) is 2.48. The maximum absolute atomic E-state index is 12.3. The monoisotopic (exact) mass is 310 g/mol. The molecule has 1 unspecified atom stereocenters. The molecule has 2 saturated heterocycles. The van der Waals surface area contributed by atoms with E-state index in [2.05, 4.69) is 4.90 Å². The molecule has 1 amide bonds. The summed E-state index contributed by atoms with van der Waals surface area (Å²) in [6, 6.07) is 0. The molecule has 2 aliphatic heterocycles. The summed E-state index contributed by atoms with van der Waals surface area (Å²) in [4.78, 5) is 16.8. The molecule has 2 heterocycles. The highest BCUT2D eigenvalue weighted by Crippen LogP contribution is 2.23. The van der Waals surface area contributed by atoms with E-state index >= 15 is 0 Å². The van der Waals surface area contributed by atoms with Gasteiger partial charge in [-0.15, -0.1) is 0 Å². The minimum Gasteiger partial charge on any atom is -0.381 e. The molecular formula is C18H34N2O2. The standard InChI is InChI=1S/C18H34N2O2/c1-18(2,3)17(21)19(4)12-15-7-9-20(10-8-15)13-16-6-5-11-22-14-16/h15-16H,5-14H2,1-4H3. The summed E-state index contributed by atoms with van der Waals surface area (Å²) in [7, 11) is 1.96. The Balaban J connectivity index is 1.69. The molecule has 2 aliphatic rings. The van der Waals surface area contributed by atoms with Crippen LogP contribution in [0, 0.1) is 17.3 Å². The first kappa shape index (κ1) is 17.7. The first-order valence-corrected chi connectivity index (χ1v) is 8.92. The van der Waals surface area contributed by atoms with Gasteiger partial charge in [-0.3, -0.25) is 4.79 Å². The van der Waals surface area contributed by atoms with Crippen LogP contribution in [0.25, 0.3) is 0 Å². The zero-order chi connectivity index (χ0) is 16.2. The highest BCUT2D eigenvalue weighted by Gasteiger charge is 2.28. The predicted octanol–water partition coefficient (Wildman–Crippen LogP) is 2.63. The van der Waals surface area contributed by atoms with Crippen LogP contribution >= 0.6 is 0 Å². The Morgan fingerprint density at radius 3 is 2.41 bits per heavy atom. The van der Waals surface area contributed by atoms with Gasteiger partial charge in [0.15, 0.2) is 0 Å². The Hall–Kier alpha value is -0.610. The zero-order valence-electron chi connectivity index (χ0n) is 14.9. The van der Waals surface area contributed by atoms with Crippen molar-refractivity contribution in [2.75, 3.05) is 46.4 Å². The van der Waals surface area contributed by atoms with Crippen molar-refractivity contribution in [2.24, 2.45) is 17.3 Å². The van der Waals surface area contributed by atoms with Crippen molar-refractivity contribution in [3.63, 3.8) is 0 Å². The Labute approximate surface area is 136 Å². The van der Waals surface area contributed by atoms with Crippen LogP contribution in [0.1, 0.15) is 46.5 Å². The van der Waals surface area contributed by atoms with Crippen LogP contribution in [0.4, 0.5) is 0 Å². The van der Waals surface area contributed by atoms with Gasteiger partial charge >= 0.3 is 0 Å². The van der Waals surface area contributed by atoms with Crippen molar-refractivity contribution in [1.82, 2.24) is 9.80 Å². The van der Waals surface area contributed by atoms with E-state index in [1.165, 1.54) is 45.3 Å². The van der Waals surface area contributed by atoms with Gasteiger partial charge in [0, 0.05) is 32.2 Å². The second-order valence-electron chi connectivity index (χ2n) is 8.26. The largest absolute Gasteiger partial charge is 0.381 e. The lowest BCUT2D eigenvalue weighted by molar-refractivity contribution is -0.138. The predicted molar refractivity (Wildman–Crippen MR) is 89.8 cm³/mol. The minimum atomic E-state index is -0.267. The molecule has 0 saturated carbocycles. The molecule has 0 N–H and O–H groups in total. The molecule has 22 heavy (non-hydrogen) atoms. The molecule has 0 bridgehead atoms. The molecule has 0 aliphatic carbocycles. The quantitative estimate of drug-likeness (QED) is 0.800. The van der Waals surface area contributed by atoms with Crippen molar-refractivity contribution < 1.29 is 9.53 Å². The van der Waals surface area contributed by atoms with Gasteiger partial charge in [0.25, 0.3) is 0 Å². The SMILES string of the molecule is CN(CC1CCN(CC2CCCOC2)CC1)C(=O)C(C)(C)C. The van der Waals surface area contributed by atoms with Crippen molar-refractivity contribution in [3.8, 4) is 0 Å². The molecule has 4 nitrogen and oxygen atoms in total. The van der Waals surface area contributed by atoms with Gasteiger partial charge in [0.1, 0.15) is 0 Å². The molecule has 0 radical (unpaired) electrons.